The van der Waals surface area contributed by atoms with Gasteiger partial charge in [0.2, 0.25) is 0 Å². The first-order chi connectivity index (χ1) is 28.9. The number of anilines is 3. The molecule has 1 amide bonds. The molecule has 60 heavy (non-hydrogen) atoms. The van der Waals surface area contributed by atoms with E-state index in [0.717, 1.165) is 134 Å². The summed E-state index contributed by atoms with van der Waals surface area (Å²) in [6.07, 6.45) is 2.22. The maximum atomic E-state index is 12.9. The molecule has 0 atom stereocenters. The molecule has 0 aromatic heterocycles. The number of nitrogens with one attached hydrogen (secondary N) is 1. The zero-order valence-corrected chi connectivity index (χ0v) is 35.6. The summed E-state index contributed by atoms with van der Waals surface area (Å²) < 4.78 is 43.8. The Labute approximate surface area is 354 Å². The van der Waals surface area contributed by atoms with Crippen molar-refractivity contribution in [3.05, 3.63) is 54.1 Å². The number of rotatable bonds is 15. The number of benzene rings is 2. The number of ketones is 2. The molecule has 4 aliphatic heterocycles. The molecular formula is C45H65F3N8O4. The van der Waals surface area contributed by atoms with Crippen molar-refractivity contribution >= 4 is 34.7 Å². The highest BCUT2D eigenvalue weighted by atomic mass is 19.4. The number of nitriles is 1. The number of likely N-dealkylation sites (tertiary alicyclic amines) is 2. The van der Waals surface area contributed by atoms with Crippen molar-refractivity contribution in [1.82, 2.24) is 19.6 Å². The fourth-order valence-electron chi connectivity index (χ4n) is 8.71. The van der Waals surface area contributed by atoms with Crippen LogP contribution in [0.2, 0.25) is 0 Å². The van der Waals surface area contributed by atoms with E-state index in [-0.39, 0.29) is 18.0 Å². The molecule has 2 aromatic carbocycles. The summed E-state index contributed by atoms with van der Waals surface area (Å²) >= 11 is 0. The molecule has 0 spiro atoms. The van der Waals surface area contributed by atoms with Crippen LogP contribution in [0.3, 0.4) is 0 Å². The zero-order valence-electron chi connectivity index (χ0n) is 35.6. The molecule has 4 saturated heterocycles. The summed E-state index contributed by atoms with van der Waals surface area (Å²) in [5, 5.41) is 11.4. The largest absolute Gasteiger partial charge is 0.450 e. The number of hydrogen-bond donors (Lipinski definition) is 1. The quantitative estimate of drug-likeness (QED) is 0.213. The van der Waals surface area contributed by atoms with Crippen molar-refractivity contribution < 1.29 is 32.3 Å². The van der Waals surface area contributed by atoms with E-state index in [0.29, 0.717) is 31.3 Å². The van der Waals surface area contributed by atoms with E-state index in [1.54, 1.807) is 19.9 Å². The van der Waals surface area contributed by atoms with Crippen molar-refractivity contribution in [3.63, 3.8) is 0 Å². The van der Waals surface area contributed by atoms with Gasteiger partial charge in [0.1, 0.15) is 5.78 Å². The summed E-state index contributed by atoms with van der Waals surface area (Å²) in [4.78, 5) is 48.3. The van der Waals surface area contributed by atoms with Crippen molar-refractivity contribution in [2.45, 2.75) is 65.0 Å². The number of piperidine rings is 2. The van der Waals surface area contributed by atoms with E-state index in [9.17, 15) is 27.6 Å². The lowest BCUT2D eigenvalue weighted by Gasteiger charge is -2.37. The van der Waals surface area contributed by atoms with Crippen LogP contribution < -0.4 is 15.1 Å². The lowest BCUT2D eigenvalue weighted by Crippen LogP contribution is -2.47. The smallest absolute Gasteiger partial charge is 0.416 e. The number of Topliss-reactive ketones (excluding diaryl/α,β-unsaturated/α-hetero) is 2. The van der Waals surface area contributed by atoms with E-state index in [4.69, 9.17) is 10.00 Å². The van der Waals surface area contributed by atoms with Crippen LogP contribution >= 0.6 is 0 Å². The molecular weight excluding hydrogens is 774 g/mol. The lowest BCUT2D eigenvalue weighted by molar-refractivity contribution is -0.137. The third-order valence-electron chi connectivity index (χ3n) is 12.3. The summed E-state index contributed by atoms with van der Waals surface area (Å²) in [6, 6.07) is 15.5. The molecule has 4 heterocycles. The molecule has 4 fully saturated rings. The van der Waals surface area contributed by atoms with E-state index in [1.807, 2.05) is 29.2 Å². The van der Waals surface area contributed by atoms with Crippen LogP contribution in [0.25, 0.3) is 0 Å². The Balaban J connectivity index is 0.000000228. The number of nitrogens with zero attached hydrogens (tertiary/aromatic N) is 7. The number of hydrogen-bond acceptors (Lipinski definition) is 11. The van der Waals surface area contributed by atoms with Crippen molar-refractivity contribution in [1.29, 1.82) is 5.26 Å². The van der Waals surface area contributed by atoms with Gasteiger partial charge in [-0.1, -0.05) is 12.1 Å². The normalized spacial score (nSPS) is 19.3. The molecule has 1 N–H and O–H groups in total. The Morgan fingerprint density at radius 3 is 1.70 bits per heavy atom. The predicted octanol–water partition coefficient (Wildman–Crippen LogP) is 6.48. The first kappa shape index (κ1) is 46.8. The van der Waals surface area contributed by atoms with Gasteiger partial charge in [-0.2, -0.15) is 18.4 Å². The summed E-state index contributed by atoms with van der Waals surface area (Å²) in [5.41, 5.74) is 1.96. The van der Waals surface area contributed by atoms with Crippen LogP contribution in [-0.4, -0.2) is 149 Å². The number of alkyl halides is 3. The first-order valence-electron chi connectivity index (χ1n) is 21.9. The molecule has 12 nitrogen and oxygen atoms in total. The van der Waals surface area contributed by atoms with Crippen molar-refractivity contribution in [2.75, 3.05) is 126 Å². The second-order valence-corrected chi connectivity index (χ2v) is 16.7. The molecule has 0 saturated carbocycles. The Morgan fingerprint density at radius 2 is 1.22 bits per heavy atom. The minimum absolute atomic E-state index is 0.00501. The maximum Gasteiger partial charge on any atom is 0.416 e. The van der Waals surface area contributed by atoms with Gasteiger partial charge in [-0.05, 0) is 140 Å². The fraction of sp³-hybridized carbons (Fsp3) is 0.644. The van der Waals surface area contributed by atoms with Crippen molar-refractivity contribution in [2.24, 2.45) is 11.8 Å². The molecule has 0 radical (unpaired) electrons. The van der Waals surface area contributed by atoms with E-state index in [1.165, 1.54) is 31.4 Å². The summed E-state index contributed by atoms with van der Waals surface area (Å²) in [5.74, 6) is 1.70. The number of amides is 1. The first-order valence-corrected chi connectivity index (χ1v) is 21.9. The number of carbonyl (C=O) groups is 3. The van der Waals surface area contributed by atoms with Gasteiger partial charge >= 0.3 is 12.3 Å². The lowest BCUT2D eigenvalue weighted by atomic mass is 9.93. The Morgan fingerprint density at radius 1 is 0.717 bits per heavy atom. The predicted molar refractivity (Wildman–Crippen MR) is 229 cm³/mol. The van der Waals surface area contributed by atoms with Crippen LogP contribution in [-0.2, 0) is 20.5 Å². The SMILES string of the molecule is CCOC(=O)Nc1cccc(N2CCN(CCC3CCN(CC(C)=O)CC3)CC2)c1.N#CCC(=O)CN1CCC(CCN2CCN(c3cccc(C(F)(F)F)c3)CC2)CC1. The number of halogens is 3. The monoisotopic (exact) mass is 839 g/mol. The highest BCUT2D eigenvalue weighted by Gasteiger charge is 2.31. The van der Waals surface area contributed by atoms with E-state index in [2.05, 4.69) is 35.9 Å². The topological polar surface area (TPSA) is 116 Å². The van der Waals surface area contributed by atoms with Gasteiger partial charge in [-0.15, -0.1) is 0 Å². The maximum absolute atomic E-state index is 12.9. The molecule has 6 rings (SSSR count). The van der Waals surface area contributed by atoms with Crippen molar-refractivity contribution in [3.8, 4) is 6.07 Å². The highest BCUT2D eigenvalue weighted by molar-refractivity contribution is 5.85. The number of piperazine rings is 2. The highest BCUT2D eigenvalue weighted by Crippen LogP contribution is 2.32. The van der Waals surface area contributed by atoms with Crippen LogP contribution in [0.15, 0.2) is 48.5 Å². The Kier molecular flexibility index (Phi) is 18.5. The molecule has 0 bridgehead atoms. The minimum Gasteiger partial charge on any atom is -0.450 e. The average molecular weight is 839 g/mol. The third kappa shape index (κ3) is 15.7. The van der Waals surface area contributed by atoms with E-state index < -0.39 is 17.8 Å². The summed E-state index contributed by atoms with van der Waals surface area (Å²) in [6.45, 7) is 18.3. The van der Waals surface area contributed by atoms with Crippen LogP contribution in [0.1, 0.15) is 64.4 Å². The summed E-state index contributed by atoms with van der Waals surface area (Å²) in [7, 11) is 0. The molecule has 15 heteroatoms. The van der Waals surface area contributed by atoms with Gasteiger partial charge < -0.3 is 14.5 Å². The van der Waals surface area contributed by atoms with Crippen LogP contribution in [0, 0.1) is 23.2 Å². The molecule has 4 aliphatic rings. The van der Waals surface area contributed by atoms with Gasteiger partial charge in [0.15, 0.2) is 5.78 Å². The Hall–Kier alpha value is -4.23. The van der Waals surface area contributed by atoms with Crippen LogP contribution in [0.4, 0.5) is 35.0 Å². The molecule has 0 unspecified atom stereocenters. The van der Waals surface area contributed by atoms with Crippen LogP contribution in [0.5, 0.6) is 0 Å². The fourth-order valence-corrected chi connectivity index (χ4v) is 8.71. The van der Waals surface area contributed by atoms with Gasteiger partial charge in [-0.25, -0.2) is 4.79 Å². The molecule has 2 aromatic rings. The second kappa shape index (κ2) is 23.7. The number of carbonyl (C=O) groups excluding carboxylic acids is 3. The third-order valence-corrected chi connectivity index (χ3v) is 12.3. The van der Waals surface area contributed by atoms with Gasteiger partial charge in [0.25, 0.3) is 0 Å². The van der Waals surface area contributed by atoms with Gasteiger partial charge in [0.05, 0.1) is 37.7 Å². The standard InChI is InChI=1S/C23H36N4O3.C22H29F3N4O/c1-3-30-23(29)24-21-5-4-6-22(17-21)27-15-13-25(14-16-27)10-7-20-8-11-26(12-9-20)18-19(2)28;23-22(24,25)19-2-1-3-20(16-19)29-14-12-27(13-15-29)9-5-18-6-10-28(11-7-18)17-21(30)4-8-26/h4-6,17,20H,3,7-16,18H2,1-2H3,(H,24,29);1-3,16,18H,4-7,9-15,17H2. The average Bonchev–Trinajstić information content (AvgIpc) is 3.24. The molecule has 0 aliphatic carbocycles. The second-order valence-electron chi connectivity index (χ2n) is 16.7. The zero-order chi connectivity index (χ0) is 42.9. The minimum atomic E-state index is -4.31. The van der Waals surface area contributed by atoms with Gasteiger partial charge in [-0.3, -0.25) is 34.5 Å². The number of ether oxygens (including phenoxy) is 1. The molecule has 330 valence electrons. The van der Waals surface area contributed by atoms with Gasteiger partial charge in [0, 0.05) is 69.4 Å². The Bertz CT molecular complexity index is 1690. The van der Waals surface area contributed by atoms with E-state index >= 15 is 0 Å².